The highest BCUT2D eigenvalue weighted by Gasteiger charge is 2.09. The Bertz CT molecular complexity index is 593. The zero-order chi connectivity index (χ0) is 12.4. The minimum absolute atomic E-state index is 0.110. The van der Waals surface area contributed by atoms with Gasteiger partial charge in [-0.15, -0.1) is 5.10 Å². The molecule has 0 spiro atoms. The molecule has 17 heavy (non-hydrogen) atoms. The summed E-state index contributed by atoms with van der Waals surface area (Å²) in [5.41, 5.74) is -0.345. The second kappa shape index (κ2) is 4.87. The predicted octanol–water partition coefficient (Wildman–Crippen LogP) is 1.34. The van der Waals surface area contributed by atoms with Crippen LogP contribution in [0.15, 0.2) is 23.1 Å². The maximum atomic E-state index is 11.7. The molecule has 0 saturated carbocycles. The highest BCUT2D eigenvalue weighted by Crippen LogP contribution is 2.08. The average molecular weight is 275 g/mol. The summed E-state index contributed by atoms with van der Waals surface area (Å²) in [4.78, 5) is 11.7. The molecule has 0 aromatic carbocycles. The average Bonchev–Trinajstić information content (AvgIpc) is 2.69. The maximum absolute atomic E-state index is 11.7. The number of hydrogen-bond acceptors (Lipinski definition) is 4. The molecular formula is C9H8Cl2N4O2. The fraction of sp³-hybridized carbons (Fsp3) is 0.222. The normalized spacial score (nSPS) is 10.8. The Kier molecular flexibility index (Phi) is 3.46. The van der Waals surface area contributed by atoms with Gasteiger partial charge in [0.05, 0.1) is 0 Å². The van der Waals surface area contributed by atoms with Gasteiger partial charge < -0.3 is 4.74 Å². The summed E-state index contributed by atoms with van der Waals surface area (Å²) in [5, 5.41) is 8.40. The molecule has 2 rings (SSSR count). The molecule has 6 nitrogen and oxygen atoms in total. The first-order valence-electron chi connectivity index (χ1n) is 4.60. The van der Waals surface area contributed by atoms with Crippen molar-refractivity contribution in [3.63, 3.8) is 0 Å². The van der Waals surface area contributed by atoms with Gasteiger partial charge in [0, 0.05) is 19.4 Å². The van der Waals surface area contributed by atoms with Crippen molar-refractivity contribution < 1.29 is 4.74 Å². The summed E-state index contributed by atoms with van der Waals surface area (Å²) in [7, 11) is 1.50. The molecule has 0 saturated heterocycles. The van der Waals surface area contributed by atoms with E-state index in [4.69, 9.17) is 27.9 Å². The van der Waals surface area contributed by atoms with Gasteiger partial charge >= 0.3 is 0 Å². The molecule has 0 amide bonds. The lowest BCUT2D eigenvalue weighted by molar-refractivity contribution is 0.119. The lowest BCUT2D eigenvalue weighted by atomic mass is 10.5. The van der Waals surface area contributed by atoms with Gasteiger partial charge in [-0.25, -0.2) is 9.36 Å². The van der Waals surface area contributed by atoms with Crippen LogP contribution in [-0.2, 0) is 11.5 Å². The zero-order valence-corrected chi connectivity index (χ0v) is 10.3. The van der Waals surface area contributed by atoms with Crippen LogP contribution in [0.1, 0.15) is 0 Å². The Hall–Kier alpha value is -1.37. The summed E-state index contributed by atoms with van der Waals surface area (Å²) in [6.45, 7) is 0.140. The van der Waals surface area contributed by atoms with Gasteiger partial charge in [0.2, 0.25) is 11.2 Å². The van der Waals surface area contributed by atoms with E-state index in [1.807, 2.05) is 0 Å². The maximum Gasteiger partial charge on any atom is 0.227 e. The molecular weight excluding hydrogens is 267 g/mol. The van der Waals surface area contributed by atoms with Crippen molar-refractivity contribution >= 4 is 23.2 Å². The summed E-state index contributed by atoms with van der Waals surface area (Å²) in [5.74, 6) is 0.110. The summed E-state index contributed by atoms with van der Waals surface area (Å²) in [6.07, 6.45) is 1.54. The van der Waals surface area contributed by atoms with E-state index in [2.05, 4.69) is 10.2 Å². The van der Waals surface area contributed by atoms with Gasteiger partial charge in [0.15, 0.2) is 5.15 Å². The lowest BCUT2D eigenvalue weighted by Gasteiger charge is -2.08. The molecule has 0 aliphatic carbocycles. The molecule has 0 bridgehead atoms. The minimum atomic E-state index is -0.345. The third kappa shape index (κ3) is 2.49. The molecule has 8 heteroatoms. The van der Waals surface area contributed by atoms with Crippen LogP contribution in [0.25, 0.3) is 5.82 Å². The number of halogens is 2. The predicted molar refractivity (Wildman–Crippen MR) is 62.6 cm³/mol. The van der Waals surface area contributed by atoms with E-state index in [1.54, 1.807) is 6.07 Å². The van der Waals surface area contributed by atoms with E-state index in [1.165, 1.54) is 28.7 Å². The number of nitrogens with zero attached hydrogens (tertiary/aromatic N) is 4. The van der Waals surface area contributed by atoms with Crippen LogP contribution in [0.4, 0.5) is 0 Å². The van der Waals surface area contributed by atoms with Gasteiger partial charge in [0.1, 0.15) is 11.9 Å². The Balaban J connectivity index is 2.54. The molecule has 2 aromatic heterocycles. The van der Waals surface area contributed by atoms with Crippen LogP contribution >= 0.6 is 23.2 Å². The van der Waals surface area contributed by atoms with E-state index >= 15 is 0 Å². The molecule has 0 N–H and O–H groups in total. The van der Waals surface area contributed by atoms with E-state index in [0.717, 1.165) is 0 Å². The molecule has 0 aliphatic rings. The Morgan fingerprint density at radius 3 is 2.76 bits per heavy atom. The standard InChI is InChI=1S/C9H8Cl2N4O2/c1-17-5-15-8(11)4-6(16)9(13-15)14-3-2-7(10)12-14/h2-4H,5H2,1H3. The zero-order valence-electron chi connectivity index (χ0n) is 8.80. The third-order valence-corrected chi connectivity index (χ3v) is 2.46. The highest BCUT2D eigenvalue weighted by molar-refractivity contribution is 6.29. The number of ether oxygens (including phenoxy) is 1. The summed E-state index contributed by atoms with van der Waals surface area (Å²) >= 11 is 11.5. The van der Waals surface area contributed by atoms with Crippen molar-refractivity contribution in [2.75, 3.05) is 7.11 Å². The second-order valence-corrected chi connectivity index (χ2v) is 3.93. The fourth-order valence-corrected chi connectivity index (χ4v) is 1.57. The molecule has 0 unspecified atom stereocenters. The van der Waals surface area contributed by atoms with Crippen molar-refractivity contribution in [2.24, 2.45) is 0 Å². The van der Waals surface area contributed by atoms with Crippen molar-refractivity contribution in [3.05, 3.63) is 38.9 Å². The summed E-state index contributed by atoms with van der Waals surface area (Å²) < 4.78 is 7.53. The van der Waals surface area contributed by atoms with Gasteiger partial charge in [-0.05, 0) is 6.07 Å². The van der Waals surface area contributed by atoms with E-state index < -0.39 is 0 Å². The first-order valence-corrected chi connectivity index (χ1v) is 5.35. The van der Waals surface area contributed by atoms with Crippen LogP contribution < -0.4 is 5.43 Å². The molecule has 2 aromatic rings. The SMILES string of the molecule is COCn1nc(-n2ccc(Cl)n2)c(=O)cc1Cl. The van der Waals surface area contributed by atoms with Crippen LogP contribution in [0.2, 0.25) is 10.3 Å². The molecule has 0 fully saturated rings. The van der Waals surface area contributed by atoms with E-state index in [-0.39, 0.29) is 28.3 Å². The molecule has 0 atom stereocenters. The molecule has 0 radical (unpaired) electrons. The molecule has 0 aliphatic heterocycles. The van der Waals surface area contributed by atoms with Crippen LogP contribution in [0.5, 0.6) is 0 Å². The first-order chi connectivity index (χ1) is 8.11. The van der Waals surface area contributed by atoms with Gasteiger partial charge in [-0.3, -0.25) is 4.79 Å². The highest BCUT2D eigenvalue weighted by atomic mass is 35.5. The van der Waals surface area contributed by atoms with E-state index in [9.17, 15) is 4.79 Å². The number of rotatable bonds is 3. The van der Waals surface area contributed by atoms with Crippen molar-refractivity contribution in [1.29, 1.82) is 0 Å². The first kappa shape index (κ1) is 12.1. The van der Waals surface area contributed by atoms with Crippen LogP contribution in [0.3, 0.4) is 0 Å². The van der Waals surface area contributed by atoms with Crippen molar-refractivity contribution in [1.82, 2.24) is 19.6 Å². The summed E-state index contributed by atoms with van der Waals surface area (Å²) in [6, 6.07) is 2.80. The smallest absolute Gasteiger partial charge is 0.227 e. The van der Waals surface area contributed by atoms with Gasteiger partial charge in [-0.1, -0.05) is 23.2 Å². The minimum Gasteiger partial charge on any atom is -0.362 e. The third-order valence-electron chi connectivity index (χ3n) is 1.96. The Morgan fingerprint density at radius 2 is 2.18 bits per heavy atom. The number of methoxy groups -OCH3 is 1. The van der Waals surface area contributed by atoms with Crippen LogP contribution in [-0.4, -0.2) is 26.7 Å². The lowest BCUT2D eigenvalue weighted by Crippen LogP contribution is -2.20. The quantitative estimate of drug-likeness (QED) is 0.848. The van der Waals surface area contributed by atoms with Gasteiger partial charge in [-0.2, -0.15) is 5.10 Å². The van der Waals surface area contributed by atoms with Crippen LogP contribution in [0, 0.1) is 0 Å². The topological polar surface area (TPSA) is 61.9 Å². The van der Waals surface area contributed by atoms with Crippen molar-refractivity contribution in [3.8, 4) is 5.82 Å². The van der Waals surface area contributed by atoms with Gasteiger partial charge in [0.25, 0.3) is 0 Å². The molecule has 2 heterocycles. The number of aromatic nitrogens is 4. The molecule has 90 valence electrons. The Labute approximate surface area is 106 Å². The van der Waals surface area contributed by atoms with Crippen molar-refractivity contribution in [2.45, 2.75) is 6.73 Å². The Morgan fingerprint density at radius 1 is 1.41 bits per heavy atom. The monoisotopic (exact) mass is 274 g/mol. The largest absolute Gasteiger partial charge is 0.362 e. The fourth-order valence-electron chi connectivity index (χ4n) is 1.25. The number of hydrogen-bond donors (Lipinski definition) is 0. The second-order valence-electron chi connectivity index (χ2n) is 3.16. The van der Waals surface area contributed by atoms with E-state index in [0.29, 0.717) is 0 Å².